The Bertz CT molecular complexity index is 311. The standard InChI is InChI=1S/C12H16ClN/c1-2-9-7-14-8-11(9)10-5-3-4-6-12(10)13/h3-6,9,11,14H,2,7-8H2,1H3. The van der Waals surface area contributed by atoms with Crippen molar-refractivity contribution >= 4 is 11.6 Å². The van der Waals surface area contributed by atoms with Crippen molar-refractivity contribution in [3.8, 4) is 0 Å². The molecule has 1 aliphatic heterocycles. The number of nitrogens with one attached hydrogen (secondary N) is 1. The second kappa shape index (κ2) is 4.33. The first kappa shape index (κ1) is 10.0. The summed E-state index contributed by atoms with van der Waals surface area (Å²) in [6, 6.07) is 8.21. The summed E-state index contributed by atoms with van der Waals surface area (Å²) in [6.45, 7) is 4.45. The van der Waals surface area contributed by atoms with Gasteiger partial charge >= 0.3 is 0 Å². The minimum atomic E-state index is 0.605. The summed E-state index contributed by atoms with van der Waals surface area (Å²) >= 11 is 6.20. The van der Waals surface area contributed by atoms with Crippen LogP contribution >= 0.6 is 11.6 Å². The van der Waals surface area contributed by atoms with Crippen molar-refractivity contribution in [3.63, 3.8) is 0 Å². The van der Waals surface area contributed by atoms with Gasteiger partial charge in [-0.2, -0.15) is 0 Å². The molecule has 2 heteroatoms. The van der Waals surface area contributed by atoms with Crippen molar-refractivity contribution in [1.29, 1.82) is 0 Å². The minimum Gasteiger partial charge on any atom is -0.316 e. The molecular formula is C12H16ClN. The van der Waals surface area contributed by atoms with Gasteiger partial charge in [-0.05, 0) is 24.1 Å². The molecule has 1 aromatic carbocycles. The number of benzene rings is 1. The summed E-state index contributed by atoms with van der Waals surface area (Å²) in [5, 5.41) is 4.36. The lowest BCUT2D eigenvalue weighted by Crippen LogP contribution is -2.09. The molecule has 0 radical (unpaired) electrons. The van der Waals surface area contributed by atoms with Crippen LogP contribution in [0.4, 0.5) is 0 Å². The highest BCUT2D eigenvalue weighted by Gasteiger charge is 2.27. The molecule has 0 spiro atoms. The van der Waals surface area contributed by atoms with E-state index in [0.717, 1.165) is 24.0 Å². The number of halogens is 1. The van der Waals surface area contributed by atoms with Gasteiger partial charge in [0.1, 0.15) is 0 Å². The average Bonchev–Trinajstić information content (AvgIpc) is 2.66. The first-order valence-electron chi connectivity index (χ1n) is 5.28. The Hall–Kier alpha value is -0.530. The van der Waals surface area contributed by atoms with Gasteiger partial charge in [0.25, 0.3) is 0 Å². The van der Waals surface area contributed by atoms with Crippen LogP contribution in [0.15, 0.2) is 24.3 Å². The van der Waals surface area contributed by atoms with E-state index in [-0.39, 0.29) is 0 Å². The Balaban J connectivity index is 2.26. The molecule has 0 amide bonds. The molecule has 0 aliphatic carbocycles. The van der Waals surface area contributed by atoms with Crippen LogP contribution < -0.4 is 5.32 Å². The van der Waals surface area contributed by atoms with Crippen LogP contribution in [0, 0.1) is 5.92 Å². The third-order valence-corrected chi connectivity index (χ3v) is 3.51. The number of hydrogen-bond donors (Lipinski definition) is 1. The zero-order valence-corrected chi connectivity index (χ0v) is 9.22. The molecule has 1 N–H and O–H groups in total. The summed E-state index contributed by atoms with van der Waals surface area (Å²) in [7, 11) is 0. The van der Waals surface area contributed by atoms with Gasteiger partial charge in [-0.3, -0.25) is 0 Å². The molecule has 0 saturated carbocycles. The Morgan fingerprint density at radius 3 is 2.86 bits per heavy atom. The first-order valence-corrected chi connectivity index (χ1v) is 5.66. The summed E-state index contributed by atoms with van der Waals surface area (Å²) < 4.78 is 0. The number of hydrogen-bond acceptors (Lipinski definition) is 1. The molecule has 1 heterocycles. The van der Waals surface area contributed by atoms with E-state index >= 15 is 0 Å². The molecule has 0 aromatic heterocycles. The smallest absolute Gasteiger partial charge is 0.0441 e. The van der Waals surface area contributed by atoms with Gasteiger partial charge in [0, 0.05) is 17.5 Å². The second-order valence-electron chi connectivity index (χ2n) is 3.95. The van der Waals surface area contributed by atoms with Gasteiger partial charge in [-0.25, -0.2) is 0 Å². The van der Waals surface area contributed by atoms with Crippen molar-refractivity contribution in [2.24, 2.45) is 5.92 Å². The fraction of sp³-hybridized carbons (Fsp3) is 0.500. The fourth-order valence-corrected chi connectivity index (χ4v) is 2.58. The van der Waals surface area contributed by atoms with Crippen molar-refractivity contribution in [1.82, 2.24) is 5.32 Å². The van der Waals surface area contributed by atoms with Gasteiger partial charge in [0.05, 0.1) is 0 Å². The minimum absolute atomic E-state index is 0.605. The van der Waals surface area contributed by atoms with Crippen LogP contribution in [0.5, 0.6) is 0 Å². The van der Waals surface area contributed by atoms with E-state index in [2.05, 4.69) is 24.4 Å². The molecule has 0 bridgehead atoms. The quantitative estimate of drug-likeness (QED) is 0.790. The molecule has 1 fully saturated rings. The molecule has 1 saturated heterocycles. The normalized spacial score (nSPS) is 26.7. The highest BCUT2D eigenvalue weighted by molar-refractivity contribution is 6.31. The van der Waals surface area contributed by atoms with E-state index in [9.17, 15) is 0 Å². The van der Waals surface area contributed by atoms with E-state index in [4.69, 9.17) is 11.6 Å². The molecule has 1 aliphatic rings. The second-order valence-corrected chi connectivity index (χ2v) is 4.36. The first-order chi connectivity index (χ1) is 6.83. The van der Waals surface area contributed by atoms with E-state index in [1.165, 1.54) is 12.0 Å². The molecule has 1 aromatic rings. The van der Waals surface area contributed by atoms with Crippen LogP contribution in [0.1, 0.15) is 24.8 Å². The lowest BCUT2D eigenvalue weighted by Gasteiger charge is -2.18. The molecule has 14 heavy (non-hydrogen) atoms. The van der Waals surface area contributed by atoms with Gasteiger partial charge in [0.15, 0.2) is 0 Å². The predicted molar refractivity (Wildman–Crippen MR) is 60.8 cm³/mol. The third-order valence-electron chi connectivity index (χ3n) is 3.17. The summed E-state index contributed by atoms with van der Waals surface area (Å²) in [5.74, 6) is 1.35. The van der Waals surface area contributed by atoms with E-state index in [1.54, 1.807) is 0 Å². The monoisotopic (exact) mass is 209 g/mol. The zero-order chi connectivity index (χ0) is 9.97. The van der Waals surface area contributed by atoms with Gasteiger partial charge < -0.3 is 5.32 Å². The third kappa shape index (κ3) is 1.79. The summed E-state index contributed by atoms with van der Waals surface area (Å²) in [6.07, 6.45) is 1.23. The molecule has 2 unspecified atom stereocenters. The topological polar surface area (TPSA) is 12.0 Å². The zero-order valence-electron chi connectivity index (χ0n) is 8.46. The van der Waals surface area contributed by atoms with Crippen molar-refractivity contribution in [2.45, 2.75) is 19.3 Å². The highest BCUT2D eigenvalue weighted by Crippen LogP contribution is 2.34. The Morgan fingerprint density at radius 2 is 2.14 bits per heavy atom. The Kier molecular flexibility index (Phi) is 3.09. The van der Waals surface area contributed by atoms with E-state index in [1.807, 2.05) is 12.1 Å². The van der Waals surface area contributed by atoms with E-state index < -0.39 is 0 Å². The van der Waals surface area contributed by atoms with Crippen LogP contribution in [-0.2, 0) is 0 Å². The van der Waals surface area contributed by atoms with Crippen LogP contribution in [0.3, 0.4) is 0 Å². The fourth-order valence-electron chi connectivity index (χ4n) is 2.30. The van der Waals surface area contributed by atoms with Crippen molar-refractivity contribution in [2.75, 3.05) is 13.1 Å². The van der Waals surface area contributed by atoms with Gasteiger partial charge in [-0.15, -0.1) is 0 Å². The van der Waals surface area contributed by atoms with E-state index in [0.29, 0.717) is 5.92 Å². The lowest BCUT2D eigenvalue weighted by atomic mass is 9.87. The SMILES string of the molecule is CCC1CNCC1c1ccccc1Cl. The number of rotatable bonds is 2. The highest BCUT2D eigenvalue weighted by atomic mass is 35.5. The average molecular weight is 210 g/mol. The predicted octanol–water partition coefficient (Wildman–Crippen LogP) is 3.05. The molecular weight excluding hydrogens is 194 g/mol. The van der Waals surface area contributed by atoms with Gasteiger partial charge in [0.2, 0.25) is 0 Å². The van der Waals surface area contributed by atoms with Gasteiger partial charge in [-0.1, -0.05) is 43.1 Å². The largest absolute Gasteiger partial charge is 0.316 e. The molecule has 2 rings (SSSR count). The maximum atomic E-state index is 6.20. The lowest BCUT2D eigenvalue weighted by molar-refractivity contribution is 0.503. The summed E-state index contributed by atoms with van der Waals surface area (Å²) in [4.78, 5) is 0. The van der Waals surface area contributed by atoms with Crippen molar-refractivity contribution in [3.05, 3.63) is 34.9 Å². The Labute approximate surface area is 90.5 Å². The molecule has 2 atom stereocenters. The van der Waals surface area contributed by atoms with Crippen LogP contribution in [0.2, 0.25) is 5.02 Å². The maximum Gasteiger partial charge on any atom is 0.0441 e. The molecule has 76 valence electrons. The van der Waals surface area contributed by atoms with Crippen LogP contribution in [0.25, 0.3) is 0 Å². The maximum absolute atomic E-state index is 6.20. The molecule has 1 nitrogen and oxygen atoms in total. The summed E-state index contributed by atoms with van der Waals surface area (Å²) in [5.41, 5.74) is 1.31. The van der Waals surface area contributed by atoms with Crippen LogP contribution in [-0.4, -0.2) is 13.1 Å². The van der Waals surface area contributed by atoms with Crippen molar-refractivity contribution < 1.29 is 0 Å². The Morgan fingerprint density at radius 1 is 1.36 bits per heavy atom.